The van der Waals surface area contributed by atoms with Gasteiger partial charge in [0.15, 0.2) is 7.98 Å². The van der Waals surface area contributed by atoms with Gasteiger partial charge in [0.1, 0.15) is 0 Å². The molecule has 0 heterocycles. The second-order valence-electron chi connectivity index (χ2n) is 7.62. The number of hydrogen-bond acceptors (Lipinski definition) is 1. The molecule has 2 aromatic rings. The van der Waals surface area contributed by atoms with E-state index in [1.807, 2.05) is 25.6 Å². The SMILES string of the molecule is CC(C)(C)[NH-].Cc1cc2ccccc2[cH-]1.[B]N(C(C)C)C(C)C.[Cl][Ti][Cl]. The van der Waals surface area contributed by atoms with E-state index >= 15 is 0 Å². The number of fused-ring (bicyclic) bond motifs is 1. The molecule has 0 saturated heterocycles. The average molecular weight is 431 g/mol. The van der Waals surface area contributed by atoms with Crippen LogP contribution in [-0.2, 0) is 17.0 Å². The Bertz CT molecular complexity index is 533. The quantitative estimate of drug-likeness (QED) is 0.363. The van der Waals surface area contributed by atoms with Gasteiger partial charge in [-0.1, -0.05) is 61.5 Å². The van der Waals surface area contributed by atoms with E-state index in [-0.39, 0.29) is 5.54 Å². The van der Waals surface area contributed by atoms with Crippen molar-refractivity contribution in [1.29, 1.82) is 0 Å². The molecule has 0 fully saturated rings. The van der Waals surface area contributed by atoms with E-state index in [9.17, 15) is 0 Å². The third-order valence-electron chi connectivity index (χ3n) is 2.95. The topological polar surface area (TPSA) is 27.0 Å². The zero-order chi connectivity index (χ0) is 20.9. The van der Waals surface area contributed by atoms with Crippen LogP contribution in [0.3, 0.4) is 0 Å². The van der Waals surface area contributed by atoms with Crippen molar-refractivity contribution in [3.63, 3.8) is 0 Å². The molecule has 0 bridgehead atoms. The summed E-state index contributed by atoms with van der Waals surface area (Å²) in [5.74, 6) is 0. The van der Waals surface area contributed by atoms with Crippen LogP contribution in [-0.4, -0.2) is 30.4 Å². The molecule has 26 heavy (non-hydrogen) atoms. The summed E-state index contributed by atoms with van der Waals surface area (Å²) < 4.78 is 0. The summed E-state index contributed by atoms with van der Waals surface area (Å²) in [6.45, 7) is 16.0. The van der Waals surface area contributed by atoms with Gasteiger partial charge in [-0.3, -0.25) is 0 Å². The Kier molecular flexibility index (Phi) is 16.4. The molecule has 2 nitrogen and oxygen atoms in total. The Morgan fingerprint density at radius 1 is 1.08 bits per heavy atom. The van der Waals surface area contributed by atoms with Crippen molar-refractivity contribution >= 4 is 37.4 Å². The Hall–Kier alpha value is 0.109. The summed E-state index contributed by atoms with van der Waals surface area (Å²) in [4.78, 5) is 1.83. The van der Waals surface area contributed by atoms with Crippen LogP contribution in [0.25, 0.3) is 16.5 Å². The van der Waals surface area contributed by atoms with E-state index in [0.717, 1.165) is 0 Å². The molecular formula is C20H33BCl2N2Ti-2. The predicted octanol–water partition coefficient (Wildman–Crippen LogP) is 7.27. The summed E-state index contributed by atoms with van der Waals surface area (Å²) >= 11 is -0.556. The Morgan fingerprint density at radius 3 is 1.77 bits per heavy atom. The molecule has 0 unspecified atom stereocenters. The summed E-state index contributed by atoms with van der Waals surface area (Å²) in [5.41, 5.74) is 8.04. The molecule has 0 atom stereocenters. The summed E-state index contributed by atoms with van der Waals surface area (Å²) in [7, 11) is 15.4. The van der Waals surface area contributed by atoms with Gasteiger partial charge < -0.3 is 10.5 Å². The predicted molar refractivity (Wildman–Crippen MR) is 118 cm³/mol. The van der Waals surface area contributed by atoms with Crippen LogP contribution < -0.4 is 0 Å². The van der Waals surface area contributed by atoms with E-state index in [1.54, 1.807) is 0 Å². The number of benzene rings is 1. The number of nitrogens with zero attached hydrogens (tertiary/aromatic N) is 1. The minimum atomic E-state index is -0.556. The van der Waals surface area contributed by atoms with E-state index in [0.29, 0.717) is 12.1 Å². The first-order chi connectivity index (χ1) is 11.8. The van der Waals surface area contributed by atoms with Crippen LogP contribution in [0.1, 0.15) is 54.0 Å². The molecule has 2 rings (SSSR count). The number of aryl methyl sites for hydroxylation is 1. The molecule has 0 aliphatic rings. The van der Waals surface area contributed by atoms with Gasteiger partial charge in [-0.15, -0.1) is 46.1 Å². The molecule has 1 N–H and O–H groups in total. The van der Waals surface area contributed by atoms with E-state index in [1.165, 1.54) is 16.3 Å². The zero-order valence-electron chi connectivity index (χ0n) is 17.4. The van der Waals surface area contributed by atoms with Crippen LogP contribution in [0, 0.1) is 6.92 Å². The number of halogens is 2. The fourth-order valence-electron chi connectivity index (χ4n) is 1.90. The molecule has 2 aromatic carbocycles. The molecule has 6 heteroatoms. The fourth-order valence-corrected chi connectivity index (χ4v) is 1.90. The standard InChI is InChI=1S/C10H9.C6H14BN.C4H10N.2ClH.Ti/c1-8-6-9-4-2-3-5-10(9)7-8;1-5(2)8(7)6(3)4;1-4(2,3)5;;;/h2-7H,1H3;5-6H,1-4H3;5H,1-3H3;2*1H;/q-1;;-1;;;+2/p-2. The van der Waals surface area contributed by atoms with Gasteiger partial charge in [0.05, 0.1) is 0 Å². The van der Waals surface area contributed by atoms with E-state index < -0.39 is 17.0 Å². The van der Waals surface area contributed by atoms with Crippen molar-refractivity contribution in [3.8, 4) is 0 Å². The Balaban J connectivity index is 0. The summed E-state index contributed by atoms with van der Waals surface area (Å²) in [6.07, 6.45) is 0. The summed E-state index contributed by atoms with van der Waals surface area (Å²) in [5, 5.41) is 2.69. The molecule has 0 saturated carbocycles. The van der Waals surface area contributed by atoms with Gasteiger partial charge in [-0.2, -0.15) is 6.07 Å². The maximum atomic E-state index is 6.94. The zero-order valence-corrected chi connectivity index (χ0v) is 20.5. The van der Waals surface area contributed by atoms with Crippen LogP contribution >= 0.6 is 18.6 Å². The van der Waals surface area contributed by atoms with Crippen LogP contribution in [0.4, 0.5) is 0 Å². The van der Waals surface area contributed by atoms with E-state index in [2.05, 4.69) is 71.0 Å². The number of rotatable bonds is 2. The molecule has 0 spiro atoms. The molecular weight excluding hydrogens is 398 g/mol. The minimum absolute atomic E-state index is 0.250. The third kappa shape index (κ3) is 17.5. The fraction of sp³-hybridized carbons (Fsp3) is 0.550. The average Bonchev–Trinajstić information content (AvgIpc) is 2.86. The van der Waals surface area contributed by atoms with Crippen molar-refractivity contribution in [2.75, 3.05) is 0 Å². The van der Waals surface area contributed by atoms with Crippen molar-refractivity contribution in [1.82, 2.24) is 4.81 Å². The van der Waals surface area contributed by atoms with Crippen molar-refractivity contribution in [2.24, 2.45) is 0 Å². The van der Waals surface area contributed by atoms with Gasteiger partial charge in [0, 0.05) is 0 Å². The van der Waals surface area contributed by atoms with Crippen molar-refractivity contribution in [3.05, 3.63) is 47.7 Å². The van der Waals surface area contributed by atoms with E-state index in [4.69, 9.17) is 32.3 Å². The molecule has 2 radical (unpaired) electrons. The molecule has 0 aliphatic heterocycles. The van der Waals surface area contributed by atoms with Gasteiger partial charge >= 0.3 is 35.6 Å². The van der Waals surface area contributed by atoms with Crippen molar-refractivity contribution in [2.45, 2.75) is 73.0 Å². The Morgan fingerprint density at radius 2 is 1.46 bits per heavy atom. The Labute approximate surface area is 179 Å². The first-order valence-electron chi connectivity index (χ1n) is 8.69. The molecule has 0 aromatic heterocycles. The van der Waals surface area contributed by atoms with Gasteiger partial charge in [0.25, 0.3) is 0 Å². The second-order valence-corrected chi connectivity index (χ2v) is 10.2. The molecule has 0 amide bonds. The summed E-state index contributed by atoms with van der Waals surface area (Å²) in [6, 6.07) is 13.7. The number of hydrogen-bond donors (Lipinski definition) is 0. The first kappa shape index (κ1) is 28.3. The molecule has 0 aliphatic carbocycles. The second kappa shape index (κ2) is 15.1. The third-order valence-corrected chi connectivity index (χ3v) is 2.95. The normalized spacial score (nSPS) is 10.5. The van der Waals surface area contributed by atoms with Gasteiger partial charge in [0.2, 0.25) is 0 Å². The number of nitrogens with one attached hydrogen (secondary N) is 1. The van der Waals surface area contributed by atoms with Crippen LogP contribution in [0.5, 0.6) is 0 Å². The van der Waals surface area contributed by atoms with Crippen molar-refractivity contribution < 1.29 is 17.0 Å². The van der Waals surface area contributed by atoms with Crippen LogP contribution in [0.15, 0.2) is 36.4 Å². The molecule has 146 valence electrons. The van der Waals surface area contributed by atoms with Crippen LogP contribution in [0.2, 0.25) is 0 Å². The van der Waals surface area contributed by atoms with Gasteiger partial charge in [-0.05, 0) is 12.1 Å². The maximum absolute atomic E-state index is 6.94. The monoisotopic (exact) mass is 430 g/mol. The van der Waals surface area contributed by atoms with Gasteiger partial charge in [-0.25, -0.2) is 0 Å². The first-order valence-corrected chi connectivity index (χ1v) is 13.0.